The molecule has 0 bridgehead atoms. The third-order valence-corrected chi connectivity index (χ3v) is 4.26. The van der Waals surface area contributed by atoms with Gasteiger partial charge in [0, 0.05) is 5.56 Å². The van der Waals surface area contributed by atoms with Crippen LogP contribution in [0.15, 0.2) is 59.0 Å². The first-order valence-electron chi connectivity index (χ1n) is 8.87. The van der Waals surface area contributed by atoms with E-state index < -0.39 is 12.1 Å². The predicted molar refractivity (Wildman–Crippen MR) is 98.8 cm³/mol. The minimum atomic E-state index is -5.08. The smallest absolute Gasteiger partial charge is 0.475 e. The first-order valence-corrected chi connectivity index (χ1v) is 8.87. The Balaban J connectivity index is 0.000000298. The van der Waals surface area contributed by atoms with E-state index in [9.17, 15) is 13.2 Å². The van der Waals surface area contributed by atoms with Crippen LogP contribution in [-0.2, 0) is 4.79 Å². The van der Waals surface area contributed by atoms with Crippen molar-refractivity contribution >= 4 is 5.97 Å². The second kappa shape index (κ2) is 8.87. The Morgan fingerprint density at radius 2 is 1.69 bits per heavy atom. The van der Waals surface area contributed by atoms with Crippen LogP contribution in [0, 0.1) is 0 Å². The van der Waals surface area contributed by atoms with Crippen LogP contribution in [0.4, 0.5) is 13.2 Å². The molecule has 3 aromatic rings. The third kappa shape index (κ3) is 5.41. The zero-order valence-corrected chi connectivity index (χ0v) is 15.2. The number of aromatic nitrogens is 2. The maximum Gasteiger partial charge on any atom is 0.490 e. The molecule has 9 heteroatoms. The van der Waals surface area contributed by atoms with Crippen LogP contribution < -0.4 is 5.32 Å². The van der Waals surface area contributed by atoms with Gasteiger partial charge in [-0.1, -0.05) is 42.5 Å². The molecule has 152 valence electrons. The van der Waals surface area contributed by atoms with Crippen LogP contribution in [0.25, 0.3) is 22.6 Å². The van der Waals surface area contributed by atoms with Crippen molar-refractivity contribution < 1.29 is 27.5 Å². The van der Waals surface area contributed by atoms with Crippen molar-refractivity contribution in [2.75, 3.05) is 6.54 Å². The number of nitrogens with one attached hydrogen (secondary N) is 1. The first-order chi connectivity index (χ1) is 13.8. The minimum Gasteiger partial charge on any atom is -0.475 e. The van der Waals surface area contributed by atoms with Crippen molar-refractivity contribution in [3.05, 3.63) is 60.5 Å². The van der Waals surface area contributed by atoms with Crippen LogP contribution in [0.2, 0.25) is 0 Å². The Kier molecular flexibility index (Phi) is 6.28. The number of carboxylic acids is 1. The van der Waals surface area contributed by atoms with E-state index >= 15 is 0 Å². The molecule has 2 N–H and O–H groups in total. The van der Waals surface area contributed by atoms with Gasteiger partial charge in [0.05, 0.1) is 6.04 Å². The fraction of sp³-hybridized carbons (Fsp3) is 0.250. The minimum absolute atomic E-state index is 0.207. The van der Waals surface area contributed by atoms with Gasteiger partial charge >= 0.3 is 12.1 Å². The summed E-state index contributed by atoms with van der Waals surface area (Å²) in [5.74, 6) is -1.48. The van der Waals surface area contributed by atoms with Gasteiger partial charge in [0.15, 0.2) is 0 Å². The summed E-state index contributed by atoms with van der Waals surface area (Å²) in [6.45, 7) is 1.02. The molecular formula is C20H18F3N3O3. The second-order valence-electron chi connectivity index (χ2n) is 6.34. The molecule has 6 nitrogen and oxygen atoms in total. The molecule has 1 aliphatic rings. The molecule has 1 fully saturated rings. The normalized spacial score (nSPS) is 16.2. The van der Waals surface area contributed by atoms with E-state index in [0.29, 0.717) is 11.8 Å². The SMILES string of the molecule is O=C(O)C(F)(F)F.c1ccc(-c2cccc(-c3nnc(C4CCCN4)o3)c2)cc1. The average molecular weight is 405 g/mol. The Morgan fingerprint density at radius 3 is 2.31 bits per heavy atom. The highest BCUT2D eigenvalue weighted by molar-refractivity contribution is 5.73. The first kappa shape index (κ1) is 20.5. The summed E-state index contributed by atoms with van der Waals surface area (Å²) in [7, 11) is 0. The van der Waals surface area contributed by atoms with Crippen molar-refractivity contribution in [2.24, 2.45) is 0 Å². The fourth-order valence-corrected chi connectivity index (χ4v) is 2.85. The second-order valence-corrected chi connectivity index (χ2v) is 6.34. The number of hydrogen-bond donors (Lipinski definition) is 2. The van der Waals surface area contributed by atoms with Crippen LogP contribution in [0.5, 0.6) is 0 Å². The summed E-state index contributed by atoms with van der Waals surface area (Å²) in [4.78, 5) is 8.90. The van der Waals surface area contributed by atoms with Gasteiger partial charge in [-0.05, 0) is 42.6 Å². The molecular weight excluding hydrogens is 387 g/mol. The molecule has 1 aromatic heterocycles. The van der Waals surface area contributed by atoms with Gasteiger partial charge < -0.3 is 14.8 Å². The van der Waals surface area contributed by atoms with Gasteiger partial charge in [-0.25, -0.2) is 4.79 Å². The maximum absolute atomic E-state index is 10.6. The molecule has 4 rings (SSSR count). The highest BCUT2D eigenvalue weighted by Crippen LogP contribution is 2.28. The molecule has 1 atom stereocenters. The van der Waals surface area contributed by atoms with Crippen LogP contribution >= 0.6 is 0 Å². The summed E-state index contributed by atoms with van der Waals surface area (Å²) < 4.78 is 37.6. The number of halogens is 3. The lowest BCUT2D eigenvalue weighted by molar-refractivity contribution is -0.192. The number of benzene rings is 2. The maximum atomic E-state index is 10.6. The van der Waals surface area contributed by atoms with Gasteiger partial charge in [-0.2, -0.15) is 13.2 Å². The molecule has 2 aromatic carbocycles. The van der Waals surface area contributed by atoms with Crippen molar-refractivity contribution in [1.29, 1.82) is 0 Å². The molecule has 0 radical (unpaired) electrons. The van der Waals surface area contributed by atoms with E-state index in [-0.39, 0.29) is 6.04 Å². The topological polar surface area (TPSA) is 88.2 Å². The van der Waals surface area contributed by atoms with E-state index in [1.54, 1.807) is 0 Å². The lowest BCUT2D eigenvalue weighted by atomic mass is 10.0. The molecule has 0 aliphatic carbocycles. The van der Waals surface area contributed by atoms with E-state index in [0.717, 1.165) is 30.5 Å². The quantitative estimate of drug-likeness (QED) is 0.669. The lowest BCUT2D eigenvalue weighted by Crippen LogP contribution is -2.21. The zero-order chi connectivity index (χ0) is 20.9. The van der Waals surface area contributed by atoms with Crippen molar-refractivity contribution in [3.63, 3.8) is 0 Å². The largest absolute Gasteiger partial charge is 0.490 e. The predicted octanol–water partition coefficient (Wildman–Crippen LogP) is 4.46. The molecule has 0 amide bonds. The summed E-state index contributed by atoms with van der Waals surface area (Å²) in [6, 6.07) is 18.7. The third-order valence-electron chi connectivity index (χ3n) is 4.26. The molecule has 2 heterocycles. The number of carboxylic acid groups (broad SMARTS) is 1. The Bertz CT molecular complexity index is 952. The van der Waals surface area contributed by atoms with E-state index in [4.69, 9.17) is 14.3 Å². The number of rotatable bonds is 3. The van der Waals surface area contributed by atoms with E-state index in [1.807, 2.05) is 30.3 Å². The molecule has 29 heavy (non-hydrogen) atoms. The Morgan fingerprint density at radius 1 is 1.03 bits per heavy atom. The summed E-state index contributed by atoms with van der Waals surface area (Å²) in [5.41, 5.74) is 3.29. The molecule has 0 saturated carbocycles. The zero-order valence-electron chi connectivity index (χ0n) is 15.2. The highest BCUT2D eigenvalue weighted by Gasteiger charge is 2.38. The van der Waals surface area contributed by atoms with Crippen molar-refractivity contribution in [2.45, 2.75) is 25.1 Å². The van der Waals surface area contributed by atoms with Gasteiger partial charge in [-0.15, -0.1) is 10.2 Å². The number of hydrogen-bond acceptors (Lipinski definition) is 5. The Labute approximate surface area is 164 Å². The molecule has 0 spiro atoms. The van der Waals surface area contributed by atoms with Gasteiger partial charge in [0.2, 0.25) is 11.8 Å². The summed E-state index contributed by atoms with van der Waals surface area (Å²) in [6.07, 6.45) is -2.86. The number of carbonyl (C=O) groups is 1. The average Bonchev–Trinajstić information content (AvgIpc) is 3.40. The summed E-state index contributed by atoms with van der Waals surface area (Å²) in [5, 5.41) is 18.9. The van der Waals surface area contributed by atoms with Crippen LogP contribution in [0.1, 0.15) is 24.8 Å². The summed E-state index contributed by atoms with van der Waals surface area (Å²) >= 11 is 0. The van der Waals surface area contributed by atoms with Crippen LogP contribution in [0.3, 0.4) is 0 Å². The van der Waals surface area contributed by atoms with E-state index in [1.165, 1.54) is 5.56 Å². The van der Waals surface area contributed by atoms with Gasteiger partial charge in [-0.3, -0.25) is 0 Å². The molecule has 1 saturated heterocycles. The highest BCUT2D eigenvalue weighted by atomic mass is 19.4. The molecule has 1 unspecified atom stereocenters. The fourth-order valence-electron chi connectivity index (χ4n) is 2.85. The lowest BCUT2D eigenvalue weighted by Gasteiger charge is -2.04. The number of aliphatic carboxylic acids is 1. The van der Waals surface area contributed by atoms with Gasteiger partial charge in [0.25, 0.3) is 0 Å². The van der Waals surface area contributed by atoms with Gasteiger partial charge in [0.1, 0.15) is 0 Å². The van der Waals surface area contributed by atoms with Crippen LogP contribution in [-0.4, -0.2) is 34.0 Å². The van der Waals surface area contributed by atoms with E-state index in [2.05, 4.69) is 39.8 Å². The monoisotopic (exact) mass is 405 g/mol. The number of alkyl halides is 3. The standard InChI is InChI=1S/C18H17N3O.C2HF3O2/c1-2-6-13(7-3-1)14-8-4-9-15(12-14)17-20-21-18(22-17)16-10-5-11-19-16;3-2(4,5)1(6)7/h1-4,6-9,12,16,19H,5,10-11H2;(H,6,7). The van der Waals surface area contributed by atoms with Crippen molar-refractivity contribution in [1.82, 2.24) is 15.5 Å². The Hall–Kier alpha value is -3.20. The number of nitrogens with zero attached hydrogens (tertiary/aromatic N) is 2. The molecule has 1 aliphatic heterocycles. The van der Waals surface area contributed by atoms with Crippen molar-refractivity contribution in [3.8, 4) is 22.6 Å².